The van der Waals surface area contributed by atoms with Crippen LogP contribution in [0.4, 0.5) is 5.69 Å². The molecule has 1 aliphatic heterocycles. The molecule has 1 aromatic rings. The summed E-state index contributed by atoms with van der Waals surface area (Å²) in [6, 6.07) is 3.91. The van der Waals surface area contributed by atoms with Gasteiger partial charge in [0.2, 0.25) is 0 Å². The average Bonchev–Trinajstić information content (AvgIpc) is 2.68. The van der Waals surface area contributed by atoms with Crippen molar-refractivity contribution in [2.24, 2.45) is 0 Å². The summed E-state index contributed by atoms with van der Waals surface area (Å²) in [7, 11) is 0. The molecule has 1 atom stereocenters. The summed E-state index contributed by atoms with van der Waals surface area (Å²) in [4.78, 5) is 0. The van der Waals surface area contributed by atoms with Gasteiger partial charge >= 0.3 is 0 Å². The summed E-state index contributed by atoms with van der Waals surface area (Å²) < 4.78 is 12.1. The van der Waals surface area contributed by atoms with Crippen molar-refractivity contribution in [1.82, 2.24) is 0 Å². The molecule has 0 aromatic heterocycles. The van der Waals surface area contributed by atoms with E-state index in [1.165, 1.54) is 0 Å². The zero-order chi connectivity index (χ0) is 11.5. The zero-order valence-corrected chi connectivity index (χ0v) is 10.9. The number of nitrogens with two attached hydrogens (primary N) is 1. The Hall–Kier alpha value is -0.740. The number of rotatable bonds is 3. The lowest BCUT2D eigenvalue weighted by atomic mass is 10.2. The van der Waals surface area contributed by atoms with Crippen LogP contribution in [0.25, 0.3) is 0 Å². The summed E-state index contributed by atoms with van der Waals surface area (Å²) in [5.74, 6) is 0.723. The van der Waals surface area contributed by atoms with Gasteiger partial charge < -0.3 is 15.2 Å². The van der Waals surface area contributed by atoms with Gasteiger partial charge in [0.1, 0.15) is 6.61 Å². The summed E-state index contributed by atoms with van der Waals surface area (Å²) in [5, 5.41) is 0. The Morgan fingerprint density at radius 2 is 2.38 bits per heavy atom. The molecule has 3 nitrogen and oxygen atoms in total. The molecule has 1 fully saturated rings. The first-order chi connectivity index (χ1) is 7.66. The van der Waals surface area contributed by atoms with Gasteiger partial charge in [-0.15, -0.1) is 0 Å². The molecule has 0 bridgehead atoms. The van der Waals surface area contributed by atoms with Crippen LogP contribution in [0.1, 0.15) is 18.4 Å². The van der Waals surface area contributed by atoms with E-state index in [9.17, 15) is 0 Å². The lowest BCUT2D eigenvalue weighted by Gasteiger charge is -2.14. The topological polar surface area (TPSA) is 44.5 Å². The van der Waals surface area contributed by atoms with Crippen LogP contribution >= 0.6 is 15.9 Å². The minimum atomic E-state index is 0.215. The number of hydrogen-bond donors (Lipinski definition) is 1. The van der Waals surface area contributed by atoms with Crippen LogP contribution in [0.15, 0.2) is 16.6 Å². The van der Waals surface area contributed by atoms with E-state index in [4.69, 9.17) is 15.2 Å². The third kappa shape index (κ3) is 2.68. The van der Waals surface area contributed by atoms with E-state index in [0.29, 0.717) is 12.3 Å². The summed E-state index contributed by atoms with van der Waals surface area (Å²) in [6.07, 6.45) is 2.41. The van der Waals surface area contributed by atoms with E-state index < -0.39 is 0 Å². The summed E-state index contributed by atoms with van der Waals surface area (Å²) in [6.45, 7) is 3.43. The van der Waals surface area contributed by atoms with Gasteiger partial charge in [-0.3, -0.25) is 0 Å². The van der Waals surface area contributed by atoms with Crippen molar-refractivity contribution < 1.29 is 9.47 Å². The molecule has 4 heteroatoms. The summed E-state index contributed by atoms with van der Waals surface area (Å²) in [5.41, 5.74) is 7.70. The molecule has 1 unspecified atom stereocenters. The second kappa shape index (κ2) is 5.06. The predicted octanol–water partition coefficient (Wildman–Crippen LogP) is 2.90. The molecule has 2 N–H and O–H groups in total. The number of benzene rings is 1. The van der Waals surface area contributed by atoms with Gasteiger partial charge in [0.05, 0.1) is 16.3 Å². The van der Waals surface area contributed by atoms with Crippen molar-refractivity contribution in [2.75, 3.05) is 18.9 Å². The maximum absolute atomic E-state index is 5.91. The van der Waals surface area contributed by atoms with E-state index in [2.05, 4.69) is 15.9 Å². The molecule has 0 saturated carbocycles. The van der Waals surface area contributed by atoms with Crippen molar-refractivity contribution >= 4 is 21.6 Å². The number of ether oxygens (including phenoxy) is 2. The highest BCUT2D eigenvalue weighted by atomic mass is 79.9. The van der Waals surface area contributed by atoms with Crippen molar-refractivity contribution in [1.29, 1.82) is 0 Å². The number of nitrogen functional groups attached to an aromatic ring is 1. The second-order valence-corrected chi connectivity index (χ2v) is 4.97. The molecular weight excluding hydrogens is 270 g/mol. The fourth-order valence-electron chi connectivity index (χ4n) is 1.86. The highest BCUT2D eigenvalue weighted by Crippen LogP contribution is 2.33. The van der Waals surface area contributed by atoms with Crippen LogP contribution in [-0.2, 0) is 4.74 Å². The fraction of sp³-hybridized carbons (Fsp3) is 0.500. The molecule has 88 valence electrons. The van der Waals surface area contributed by atoms with Crippen molar-refractivity contribution in [2.45, 2.75) is 25.9 Å². The largest absolute Gasteiger partial charge is 0.488 e. The van der Waals surface area contributed by atoms with Gasteiger partial charge in [0.25, 0.3) is 0 Å². The molecule has 0 radical (unpaired) electrons. The van der Waals surface area contributed by atoms with E-state index >= 15 is 0 Å². The molecule has 0 amide bonds. The lowest BCUT2D eigenvalue weighted by molar-refractivity contribution is 0.0679. The van der Waals surface area contributed by atoms with Crippen LogP contribution in [0.5, 0.6) is 5.75 Å². The van der Waals surface area contributed by atoms with Gasteiger partial charge in [-0.2, -0.15) is 0 Å². The summed E-state index contributed by atoms with van der Waals surface area (Å²) >= 11 is 3.46. The Kier molecular flexibility index (Phi) is 3.71. The van der Waals surface area contributed by atoms with Gasteiger partial charge in [-0.25, -0.2) is 0 Å². The van der Waals surface area contributed by atoms with Crippen molar-refractivity contribution in [3.05, 3.63) is 22.2 Å². The monoisotopic (exact) mass is 285 g/mol. The zero-order valence-electron chi connectivity index (χ0n) is 9.33. The smallest absolute Gasteiger partial charge is 0.156 e. The van der Waals surface area contributed by atoms with Crippen LogP contribution in [0.2, 0.25) is 0 Å². The van der Waals surface area contributed by atoms with Gasteiger partial charge in [0.15, 0.2) is 5.75 Å². The number of hydrogen-bond acceptors (Lipinski definition) is 3. The van der Waals surface area contributed by atoms with Crippen molar-refractivity contribution in [3.63, 3.8) is 0 Å². The van der Waals surface area contributed by atoms with Gasteiger partial charge in [0, 0.05) is 6.61 Å². The number of aryl methyl sites for hydroxylation is 1. The number of halogens is 1. The maximum atomic E-state index is 5.91. The van der Waals surface area contributed by atoms with Crippen molar-refractivity contribution in [3.8, 4) is 5.75 Å². The molecule has 0 aliphatic carbocycles. The van der Waals surface area contributed by atoms with Gasteiger partial charge in [-0.05, 0) is 53.4 Å². The highest BCUT2D eigenvalue weighted by molar-refractivity contribution is 9.10. The molecule has 1 saturated heterocycles. The molecular formula is C12H16BrNO2. The Morgan fingerprint density at radius 1 is 1.56 bits per heavy atom. The fourth-order valence-corrected chi connectivity index (χ4v) is 2.56. The Bertz CT molecular complexity index is 352. The first-order valence-electron chi connectivity index (χ1n) is 5.47. The Labute approximate surface area is 104 Å². The molecule has 2 rings (SSSR count). The van der Waals surface area contributed by atoms with Crippen LogP contribution in [0, 0.1) is 6.92 Å². The third-order valence-corrected chi connectivity index (χ3v) is 3.24. The van der Waals surface area contributed by atoms with Crippen LogP contribution in [0.3, 0.4) is 0 Å². The first kappa shape index (κ1) is 11.7. The predicted molar refractivity (Wildman–Crippen MR) is 67.8 cm³/mol. The molecule has 16 heavy (non-hydrogen) atoms. The quantitative estimate of drug-likeness (QED) is 0.869. The van der Waals surface area contributed by atoms with E-state index in [-0.39, 0.29) is 6.10 Å². The number of anilines is 1. The van der Waals surface area contributed by atoms with Crippen LogP contribution in [-0.4, -0.2) is 19.3 Å². The highest BCUT2D eigenvalue weighted by Gasteiger charge is 2.17. The third-order valence-electron chi connectivity index (χ3n) is 2.65. The minimum absolute atomic E-state index is 0.215. The van der Waals surface area contributed by atoms with Gasteiger partial charge in [-0.1, -0.05) is 0 Å². The molecule has 0 spiro atoms. The normalized spacial score (nSPS) is 20.0. The van der Waals surface area contributed by atoms with E-state index in [1.54, 1.807) is 0 Å². The first-order valence-corrected chi connectivity index (χ1v) is 6.26. The average molecular weight is 286 g/mol. The SMILES string of the molecule is Cc1cc(N)c(OCC2CCCO2)c(Br)c1. The lowest BCUT2D eigenvalue weighted by Crippen LogP contribution is -2.17. The second-order valence-electron chi connectivity index (χ2n) is 4.11. The minimum Gasteiger partial charge on any atom is -0.488 e. The van der Waals surface area contributed by atoms with Crippen LogP contribution < -0.4 is 10.5 Å². The van der Waals surface area contributed by atoms with E-state index in [1.807, 2.05) is 19.1 Å². The Balaban J connectivity index is 2.03. The molecule has 1 aliphatic rings. The molecule has 1 aromatic carbocycles. The molecule has 1 heterocycles. The Morgan fingerprint density at radius 3 is 3.00 bits per heavy atom. The maximum Gasteiger partial charge on any atom is 0.156 e. The van der Waals surface area contributed by atoms with E-state index in [0.717, 1.165) is 35.2 Å². The standard InChI is InChI=1S/C12H16BrNO2/c1-8-5-10(13)12(11(14)6-8)16-7-9-3-2-4-15-9/h5-6,9H,2-4,7,14H2,1H3.